The predicted octanol–water partition coefficient (Wildman–Crippen LogP) is 1.74. The molecule has 1 aliphatic heterocycles. The fourth-order valence-corrected chi connectivity index (χ4v) is 2.02. The highest BCUT2D eigenvalue weighted by Gasteiger charge is 2.19. The summed E-state index contributed by atoms with van der Waals surface area (Å²) in [6.07, 6.45) is 2.09. The van der Waals surface area contributed by atoms with E-state index in [0.29, 0.717) is 11.3 Å². The lowest BCUT2D eigenvalue weighted by Crippen LogP contribution is -2.27. The third-order valence-corrected chi connectivity index (χ3v) is 3.01. The van der Waals surface area contributed by atoms with Crippen molar-refractivity contribution in [3.05, 3.63) is 29.8 Å². The summed E-state index contributed by atoms with van der Waals surface area (Å²) in [6.45, 7) is 1.59. The Hall–Kier alpha value is -2.86. The highest BCUT2D eigenvalue weighted by atomic mass is 16.2. The minimum atomic E-state index is -0.263. The molecule has 1 saturated heterocycles. The smallest absolute Gasteiger partial charge is 0.253 e. The lowest BCUT2D eigenvalue weighted by molar-refractivity contribution is 0.0793. The number of anilines is 1. The molecule has 6 heteroatoms. The number of carbonyl (C=O) groups is 1. The molecular weight excluding hydrogens is 254 g/mol. The van der Waals surface area contributed by atoms with Crippen LogP contribution in [0.5, 0.6) is 0 Å². The Morgan fingerprint density at radius 1 is 1.25 bits per heavy atom. The topological polar surface area (TPSA) is 92.3 Å². The summed E-state index contributed by atoms with van der Waals surface area (Å²) in [4.78, 5) is 14.0. The van der Waals surface area contributed by atoms with Crippen molar-refractivity contribution in [2.45, 2.75) is 12.8 Å². The van der Waals surface area contributed by atoms with Crippen LogP contribution < -0.4 is 5.43 Å². The van der Waals surface area contributed by atoms with E-state index in [1.165, 1.54) is 0 Å². The molecule has 1 heterocycles. The van der Waals surface area contributed by atoms with E-state index in [4.69, 9.17) is 10.5 Å². The average Bonchev–Trinajstić information content (AvgIpc) is 3.02. The van der Waals surface area contributed by atoms with Gasteiger partial charge in [0, 0.05) is 18.7 Å². The Kier molecular flexibility index (Phi) is 4.31. The standard InChI is InChI=1S/C14H13N5O/c15-9-13(10-16)18-17-12-5-3-4-11(8-12)14(20)19-6-1-2-7-19/h3-5,8,17H,1-2,6-7H2. The molecule has 1 amide bonds. The number of hydrazone groups is 1. The van der Waals surface area contributed by atoms with Crippen molar-refractivity contribution in [2.24, 2.45) is 5.10 Å². The van der Waals surface area contributed by atoms with E-state index >= 15 is 0 Å². The number of benzene rings is 1. The summed E-state index contributed by atoms with van der Waals surface area (Å²) >= 11 is 0. The van der Waals surface area contributed by atoms with Crippen molar-refractivity contribution in [3.63, 3.8) is 0 Å². The molecule has 0 aliphatic carbocycles. The van der Waals surface area contributed by atoms with E-state index in [9.17, 15) is 4.79 Å². The molecule has 1 fully saturated rings. The largest absolute Gasteiger partial charge is 0.339 e. The van der Waals surface area contributed by atoms with Crippen LogP contribution >= 0.6 is 0 Å². The Morgan fingerprint density at radius 3 is 2.60 bits per heavy atom. The van der Waals surface area contributed by atoms with Gasteiger partial charge in [-0.3, -0.25) is 10.2 Å². The lowest BCUT2D eigenvalue weighted by atomic mass is 10.2. The Morgan fingerprint density at radius 2 is 1.95 bits per heavy atom. The molecule has 2 rings (SSSR count). The van der Waals surface area contributed by atoms with Crippen molar-refractivity contribution < 1.29 is 4.79 Å². The number of nitrogens with one attached hydrogen (secondary N) is 1. The number of carbonyl (C=O) groups excluding carboxylic acids is 1. The average molecular weight is 267 g/mol. The molecule has 0 saturated carbocycles. The van der Waals surface area contributed by atoms with E-state index < -0.39 is 0 Å². The van der Waals surface area contributed by atoms with Gasteiger partial charge in [0.05, 0.1) is 5.69 Å². The van der Waals surface area contributed by atoms with E-state index in [1.54, 1.807) is 36.4 Å². The van der Waals surface area contributed by atoms with Crippen molar-refractivity contribution in [2.75, 3.05) is 18.5 Å². The summed E-state index contributed by atoms with van der Waals surface area (Å²) in [5, 5.41) is 20.8. The minimum Gasteiger partial charge on any atom is -0.339 e. The van der Waals surface area contributed by atoms with E-state index in [1.807, 2.05) is 4.90 Å². The van der Waals surface area contributed by atoms with Gasteiger partial charge >= 0.3 is 0 Å². The van der Waals surface area contributed by atoms with Crippen molar-refractivity contribution in [1.82, 2.24) is 4.90 Å². The zero-order chi connectivity index (χ0) is 14.4. The highest BCUT2D eigenvalue weighted by molar-refractivity contribution is 6.10. The van der Waals surface area contributed by atoms with Crippen LogP contribution in [0.2, 0.25) is 0 Å². The third kappa shape index (κ3) is 3.12. The number of amides is 1. The molecule has 0 spiro atoms. The molecule has 0 atom stereocenters. The van der Waals surface area contributed by atoms with Gasteiger partial charge in [-0.05, 0) is 31.0 Å². The van der Waals surface area contributed by atoms with Crippen molar-refractivity contribution >= 4 is 17.3 Å². The first-order chi connectivity index (χ1) is 9.74. The molecule has 1 N–H and O–H groups in total. The fourth-order valence-electron chi connectivity index (χ4n) is 2.02. The van der Waals surface area contributed by atoms with Crippen LogP contribution in [0.15, 0.2) is 29.4 Å². The van der Waals surface area contributed by atoms with Gasteiger partial charge in [-0.2, -0.15) is 15.6 Å². The van der Waals surface area contributed by atoms with Crippen molar-refractivity contribution in [1.29, 1.82) is 10.5 Å². The molecule has 6 nitrogen and oxygen atoms in total. The maximum atomic E-state index is 12.2. The first-order valence-electron chi connectivity index (χ1n) is 6.28. The maximum Gasteiger partial charge on any atom is 0.253 e. The zero-order valence-corrected chi connectivity index (χ0v) is 10.8. The second-order valence-corrected chi connectivity index (χ2v) is 4.38. The van der Waals surface area contributed by atoms with Gasteiger partial charge in [0.25, 0.3) is 5.91 Å². The Bertz CT molecular complexity index is 601. The maximum absolute atomic E-state index is 12.2. The number of nitrogens with zero attached hydrogens (tertiary/aromatic N) is 4. The number of hydrogen-bond donors (Lipinski definition) is 1. The van der Waals surface area contributed by atoms with E-state index in [-0.39, 0.29) is 11.6 Å². The Balaban J connectivity index is 2.12. The molecule has 1 aromatic carbocycles. The molecule has 0 aromatic heterocycles. The second kappa shape index (κ2) is 6.35. The summed E-state index contributed by atoms with van der Waals surface area (Å²) < 4.78 is 0. The molecule has 1 aliphatic rings. The molecule has 100 valence electrons. The van der Waals surface area contributed by atoms with Gasteiger partial charge < -0.3 is 4.90 Å². The zero-order valence-electron chi connectivity index (χ0n) is 10.8. The second-order valence-electron chi connectivity index (χ2n) is 4.38. The lowest BCUT2D eigenvalue weighted by Gasteiger charge is -2.15. The summed E-state index contributed by atoms with van der Waals surface area (Å²) in [7, 11) is 0. The van der Waals surface area contributed by atoms with Gasteiger partial charge in [-0.1, -0.05) is 6.07 Å². The number of likely N-dealkylation sites (tertiary alicyclic amines) is 1. The van der Waals surface area contributed by atoms with Crippen LogP contribution in [0.1, 0.15) is 23.2 Å². The quantitative estimate of drug-likeness (QED) is 0.666. The Labute approximate surface area is 116 Å². The van der Waals surface area contributed by atoms with Gasteiger partial charge in [0.15, 0.2) is 0 Å². The van der Waals surface area contributed by atoms with Crippen LogP contribution in [-0.2, 0) is 0 Å². The van der Waals surface area contributed by atoms with Crippen molar-refractivity contribution in [3.8, 4) is 12.1 Å². The summed E-state index contributed by atoms with van der Waals surface area (Å²) in [5.41, 5.74) is 3.48. The van der Waals surface area contributed by atoms with Gasteiger partial charge in [0.2, 0.25) is 5.71 Å². The number of nitriles is 2. The SMILES string of the molecule is N#CC(C#N)=NNc1cccc(C(=O)N2CCCC2)c1. The first kappa shape index (κ1) is 13.6. The first-order valence-corrected chi connectivity index (χ1v) is 6.28. The van der Waals surface area contributed by atoms with Crippen LogP contribution in [0.3, 0.4) is 0 Å². The van der Waals surface area contributed by atoms with Crippen LogP contribution in [0.4, 0.5) is 5.69 Å². The molecule has 1 aromatic rings. The summed E-state index contributed by atoms with van der Waals surface area (Å²) in [5.74, 6) is -0.00378. The molecule has 0 radical (unpaired) electrons. The van der Waals surface area contributed by atoms with Gasteiger partial charge in [0.1, 0.15) is 12.1 Å². The van der Waals surface area contributed by atoms with E-state index in [2.05, 4.69) is 10.5 Å². The third-order valence-electron chi connectivity index (χ3n) is 3.01. The molecule has 0 unspecified atom stereocenters. The molecule has 0 bridgehead atoms. The normalized spacial score (nSPS) is 13.2. The molecular formula is C14H13N5O. The monoisotopic (exact) mass is 267 g/mol. The number of rotatable bonds is 3. The summed E-state index contributed by atoms with van der Waals surface area (Å²) in [6, 6.07) is 10.2. The predicted molar refractivity (Wildman–Crippen MR) is 73.9 cm³/mol. The fraction of sp³-hybridized carbons (Fsp3) is 0.286. The van der Waals surface area contributed by atoms with Gasteiger partial charge in [-0.25, -0.2) is 0 Å². The number of hydrogen-bond acceptors (Lipinski definition) is 5. The van der Waals surface area contributed by atoms with Crippen LogP contribution in [0.25, 0.3) is 0 Å². The highest BCUT2D eigenvalue weighted by Crippen LogP contribution is 2.16. The minimum absolute atomic E-state index is 0.00378. The van der Waals surface area contributed by atoms with Gasteiger partial charge in [-0.15, -0.1) is 0 Å². The van der Waals surface area contributed by atoms with Crippen LogP contribution in [0, 0.1) is 22.7 Å². The van der Waals surface area contributed by atoms with Crippen LogP contribution in [-0.4, -0.2) is 29.6 Å². The van der Waals surface area contributed by atoms with E-state index in [0.717, 1.165) is 25.9 Å². The molecule has 20 heavy (non-hydrogen) atoms.